The average Bonchev–Trinajstić information content (AvgIpc) is 3.14. The van der Waals surface area contributed by atoms with Crippen molar-refractivity contribution in [3.63, 3.8) is 0 Å². The molecular formula is C23H25ClN4O4S. The average molecular weight is 489 g/mol. The van der Waals surface area contributed by atoms with Crippen LogP contribution in [0.4, 0.5) is 0 Å². The second-order valence-electron chi connectivity index (χ2n) is 8.64. The summed E-state index contributed by atoms with van der Waals surface area (Å²) in [5.41, 5.74) is 1.86. The zero-order chi connectivity index (χ0) is 23.3. The standard InChI is InChI=1S/C23H25ClN4O4S/c1-26-7-6-20-19(14-26)22(29)21(25-20)23(30)27-8-10-28(11-9-27)33(31,32)18-5-3-15-12-17(24)4-2-16(15)13-18/h2-5,12-13,25,29H,6-11,14H2,1H3. The Bertz CT molecular complexity index is 1350. The first-order chi connectivity index (χ1) is 15.7. The summed E-state index contributed by atoms with van der Waals surface area (Å²) in [5, 5.41) is 12.9. The number of nitrogens with zero attached hydrogens (tertiary/aromatic N) is 3. The van der Waals surface area contributed by atoms with Gasteiger partial charge in [-0.1, -0.05) is 23.7 Å². The van der Waals surface area contributed by atoms with E-state index in [1.807, 2.05) is 7.05 Å². The SMILES string of the molecule is CN1CCc2[nH]c(C(=O)N3CCN(S(=O)(=O)c4ccc5cc(Cl)ccc5c4)CC3)c(O)c2C1. The van der Waals surface area contributed by atoms with Gasteiger partial charge in [-0.25, -0.2) is 8.42 Å². The molecule has 0 bridgehead atoms. The number of amides is 1. The van der Waals surface area contributed by atoms with Crippen LogP contribution in [0.5, 0.6) is 5.75 Å². The van der Waals surface area contributed by atoms with Crippen LogP contribution in [0.25, 0.3) is 10.8 Å². The van der Waals surface area contributed by atoms with Gasteiger partial charge in [0.2, 0.25) is 10.0 Å². The summed E-state index contributed by atoms with van der Waals surface area (Å²) in [6.07, 6.45) is 0.747. The van der Waals surface area contributed by atoms with Crippen LogP contribution in [0.3, 0.4) is 0 Å². The highest BCUT2D eigenvalue weighted by Crippen LogP contribution is 2.32. The van der Waals surface area contributed by atoms with Gasteiger partial charge in [-0.2, -0.15) is 4.31 Å². The molecule has 2 aliphatic rings. The summed E-state index contributed by atoms with van der Waals surface area (Å²) in [4.78, 5) is 20.1. The van der Waals surface area contributed by atoms with Crippen molar-refractivity contribution in [2.75, 3.05) is 39.8 Å². The Balaban J connectivity index is 1.31. The minimum Gasteiger partial charge on any atom is -0.505 e. The molecule has 1 saturated heterocycles. The quantitative estimate of drug-likeness (QED) is 0.590. The molecule has 0 spiro atoms. The fraction of sp³-hybridized carbons (Fsp3) is 0.348. The number of hydrogen-bond donors (Lipinski definition) is 2. The van der Waals surface area contributed by atoms with Gasteiger partial charge in [-0.3, -0.25) is 4.79 Å². The molecular weight excluding hydrogens is 464 g/mol. The first-order valence-electron chi connectivity index (χ1n) is 10.8. The summed E-state index contributed by atoms with van der Waals surface area (Å²) in [6.45, 7) is 2.34. The summed E-state index contributed by atoms with van der Waals surface area (Å²) in [6, 6.07) is 10.3. The molecule has 1 amide bonds. The predicted octanol–water partition coefficient (Wildman–Crippen LogP) is 2.66. The lowest BCUT2D eigenvalue weighted by atomic mass is 10.1. The Hall–Kier alpha value is -2.59. The number of carbonyl (C=O) groups is 1. The molecule has 3 heterocycles. The number of benzene rings is 2. The minimum absolute atomic E-state index is 0.00729. The van der Waals surface area contributed by atoms with Crippen LogP contribution >= 0.6 is 11.6 Å². The van der Waals surface area contributed by atoms with Gasteiger partial charge in [0, 0.05) is 62.0 Å². The van der Waals surface area contributed by atoms with Crippen LogP contribution in [0.15, 0.2) is 41.3 Å². The van der Waals surface area contributed by atoms with Gasteiger partial charge in [-0.05, 0) is 42.1 Å². The van der Waals surface area contributed by atoms with E-state index in [1.165, 1.54) is 4.31 Å². The lowest BCUT2D eigenvalue weighted by molar-refractivity contribution is 0.0689. The predicted molar refractivity (Wildman–Crippen MR) is 126 cm³/mol. The van der Waals surface area contributed by atoms with E-state index in [4.69, 9.17) is 11.6 Å². The molecule has 0 aliphatic carbocycles. The number of aromatic amines is 1. The van der Waals surface area contributed by atoms with Crippen molar-refractivity contribution in [2.24, 2.45) is 0 Å². The van der Waals surface area contributed by atoms with E-state index in [0.29, 0.717) is 11.6 Å². The van der Waals surface area contributed by atoms with Crippen LogP contribution in [0.1, 0.15) is 21.7 Å². The van der Waals surface area contributed by atoms with E-state index in [1.54, 1.807) is 41.3 Å². The fourth-order valence-electron chi connectivity index (χ4n) is 4.56. The Morgan fingerprint density at radius 1 is 1.03 bits per heavy atom. The van der Waals surface area contributed by atoms with E-state index >= 15 is 0 Å². The number of rotatable bonds is 3. The first kappa shape index (κ1) is 22.2. The molecule has 0 saturated carbocycles. The normalized spacial score (nSPS) is 17.9. The Labute approximate surface area is 197 Å². The van der Waals surface area contributed by atoms with Crippen molar-refractivity contribution in [3.05, 3.63) is 58.4 Å². The second kappa shape index (κ2) is 8.32. The lowest BCUT2D eigenvalue weighted by Crippen LogP contribution is -2.50. The number of likely N-dealkylation sites (N-methyl/N-ethyl adjacent to an activating group) is 1. The topological polar surface area (TPSA) is 97.0 Å². The van der Waals surface area contributed by atoms with E-state index in [9.17, 15) is 18.3 Å². The molecule has 5 rings (SSSR count). The highest BCUT2D eigenvalue weighted by Gasteiger charge is 2.33. The summed E-state index contributed by atoms with van der Waals surface area (Å²) >= 11 is 6.02. The van der Waals surface area contributed by atoms with Crippen molar-refractivity contribution in [1.29, 1.82) is 0 Å². The molecule has 2 aromatic carbocycles. The number of fused-ring (bicyclic) bond motifs is 2. The maximum atomic E-state index is 13.2. The Morgan fingerprint density at radius 2 is 1.73 bits per heavy atom. The number of piperazine rings is 1. The summed E-state index contributed by atoms with van der Waals surface area (Å²) < 4.78 is 27.8. The zero-order valence-electron chi connectivity index (χ0n) is 18.2. The third-order valence-electron chi connectivity index (χ3n) is 6.49. The van der Waals surface area contributed by atoms with Gasteiger partial charge in [0.1, 0.15) is 5.69 Å². The van der Waals surface area contributed by atoms with Gasteiger partial charge in [0.05, 0.1) is 4.90 Å². The maximum Gasteiger partial charge on any atom is 0.274 e. The number of sulfonamides is 1. The van der Waals surface area contributed by atoms with Crippen LogP contribution < -0.4 is 0 Å². The van der Waals surface area contributed by atoms with Crippen LogP contribution in [-0.2, 0) is 23.0 Å². The molecule has 8 nitrogen and oxygen atoms in total. The molecule has 3 aromatic rings. The molecule has 0 radical (unpaired) electrons. The molecule has 2 N–H and O–H groups in total. The molecule has 174 valence electrons. The van der Waals surface area contributed by atoms with Crippen molar-refractivity contribution in [3.8, 4) is 5.75 Å². The highest BCUT2D eigenvalue weighted by molar-refractivity contribution is 7.89. The van der Waals surface area contributed by atoms with E-state index in [-0.39, 0.29) is 48.4 Å². The number of nitrogens with one attached hydrogen (secondary N) is 1. The lowest BCUT2D eigenvalue weighted by Gasteiger charge is -2.33. The molecule has 1 aromatic heterocycles. The summed E-state index contributed by atoms with van der Waals surface area (Å²) in [7, 11) is -1.72. The Morgan fingerprint density at radius 3 is 2.48 bits per heavy atom. The van der Waals surface area contributed by atoms with Crippen molar-refractivity contribution in [1.82, 2.24) is 19.1 Å². The molecule has 0 unspecified atom stereocenters. The number of hydrogen-bond acceptors (Lipinski definition) is 5. The van der Waals surface area contributed by atoms with Gasteiger partial charge < -0.3 is 19.9 Å². The van der Waals surface area contributed by atoms with E-state index in [2.05, 4.69) is 9.88 Å². The van der Waals surface area contributed by atoms with Gasteiger partial charge in [0.15, 0.2) is 5.75 Å². The molecule has 33 heavy (non-hydrogen) atoms. The highest BCUT2D eigenvalue weighted by atomic mass is 35.5. The number of aromatic nitrogens is 1. The van der Waals surface area contributed by atoms with E-state index in [0.717, 1.165) is 35.0 Å². The smallest absolute Gasteiger partial charge is 0.274 e. The summed E-state index contributed by atoms with van der Waals surface area (Å²) in [5.74, 6) is -0.294. The number of aromatic hydroxyl groups is 1. The zero-order valence-corrected chi connectivity index (χ0v) is 19.8. The third kappa shape index (κ3) is 3.99. The fourth-order valence-corrected chi connectivity index (χ4v) is 6.20. The van der Waals surface area contributed by atoms with E-state index < -0.39 is 10.0 Å². The first-order valence-corrected chi connectivity index (χ1v) is 12.7. The maximum absolute atomic E-state index is 13.2. The van der Waals surface area contributed by atoms with Crippen LogP contribution in [0.2, 0.25) is 5.02 Å². The van der Waals surface area contributed by atoms with Crippen molar-refractivity contribution in [2.45, 2.75) is 17.9 Å². The largest absolute Gasteiger partial charge is 0.505 e. The van der Waals surface area contributed by atoms with Gasteiger partial charge in [-0.15, -0.1) is 0 Å². The van der Waals surface area contributed by atoms with Crippen molar-refractivity contribution < 1.29 is 18.3 Å². The van der Waals surface area contributed by atoms with Crippen molar-refractivity contribution >= 4 is 38.3 Å². The Kier molecular flexibility index (Phi) is 5.60. The van der Waals surface area contributed by atoms with Gasteiger partial charge >= 0.3 is 0 Å². The molecule has 0 atom stereocenters. The molecule has 2 aliphatic heterocycles. The molecule has 1 fully saturated rings. The third-order valence-corrected chi connectivity index (χ3v) is 8.62. The number of carbonyl (C=O) groups excluding carboxylic acids is 1. The number of H-pyrrole nitrogens is 1. The monoisotopic (exact) mass is 488 g/mol. The van der Waals surface area contributed by atoms with Gasteiger partial charge in [0.25, 0.3) is 5.91 Å². The second-order valence-corrected chi connectivity index (χ2v) is 11.0. The molecule has 10 heteroatoms. The van der Waals surface area contributed by atoms with Crippen LogP contribution in [0, 0.1) is 0 Å². The number of halogens is 1. The minimum atomic E-state index is -3.69. The van der Waals surface area contributed by atoms with Crippen LogP contribution in [-0.4, -0.2) is 78.3 Å².